The Morgan fingerprint density at radius 1 is 1.44 bits per heavy atom. The van der Waals surface area contributed by atoms with Crippen molar-refractivity contribution in [3.8, 4) is 5.75 Å². The van der Waals surface area contributed by atoms with Gasteiger partial charge >= 0.3 is 6.03 Å². The second-order valence-electron chi connectivity index (χ2n) is 5.81. The van der Waals surface area contributed by atoms with Crippen molar-refractivity contribution in [2.24, 2.45) is 5.16 Å². The number of H-pyrrole nitrogens is 1. The third kappa shape index (κ3) is 4.28. The Bertz CT molecular complexity index is 727. The van der Waals surface area contributed by atoms with Crippen LogP contribution in [0.4, 0.5) is 4.79 Å². The molecule has 1 aliphatic rings. The van der Waals surface area contributed by atoms with E-state index >= 15 is 0 Å². The number of ether oxygens (including phenoxy) is 1. The van der Waals surface area contributed by atoms with E-state index in [0.29, 0.717) is 13.0 Å². The molecule has 3 N–H and O–H groups in total. The molecule has 0 saturated carbocycles. The molecule has 25 heavy (non-hydrogen) atoms. The number of oxime groups is 1. The summed E-state index contributed by atoms with van der Waals surface area (Å²) in [6.45, 7) is 2.27. The molecule has 8 nitrogen and oxygen atoms in total. The van der Waals surface area contributed by atoms with Crippen LogP contribution in [-0.2, 0) is 4.84 Å². The van der Waals surface area contributed by atoms with E-state index < -0.39 is 0 Å². The molecule has 1 aliphatic heterocycles. The lowest BCUT2D eigenvalue weighted by atomic mass is 10.0. The first-order chi connectivity index (χ1) is 12.2. The van der Waals surface area contributed by atoms with Crippen LogP contribution in [0.15, 0.2) is 41.8 Å². The molecule has 1 aromatic carbocycles. The zero-order valence-corrected chi connectivity index (χ0v) is 14.2. The van der Waals surface area contributed by atoms with Crippen LogP contribution in [0.3, 0.4) is 0 Å². The Kier molecular flexibility index (Phi) is 5.17. The molecule has 132 valence electrons. The maximum Gasteiger partial charge on any atom is 0.315 e. The average molecular weight is 343 g/mol. The fourth-order valence-electron chi connectivity index (χ4n) is 2.53. The third-order valence-electron chi connectivity index (χ3n) is 4.01. The van der Waals surface area contributed by atoms with Gasteiger partial charge in [-0.05, 0) is 36.8 Å². The van der Waals surface area contributed by atoms with E-state index in [1.165, 1.54) is 0 Å². The van der Waals surface area contributed by atoms with Crippen molar-refractivity contribution < 1.29 is 14.4 Å². The van der Waals surface area contributed by atoms with Gasteiger partial charge in [0, 0.05) is 18.2 Å². The van der Waals surface area contributed by atoms with Crippen LogP contribution in [0.5, 0.6) is 5.75 Å². The molecule has 0 aliphatic carbocycles. The highest BCUT2D eigenvalue weighted by molar-refractivity contribution is 6.01. The monoisotopic (exact) mass is 343 g/mol. The summed E-state index contributed by atoms with van der Waals surface area (Å²) < 4.78 is 5.14. The van der Waals surface area contributed by atoms with E-state index in [-0.39, 0.29) is 18.2 Å². The number of aromatic amines is 1. The molecule has 0 bridgehead atoms. The van der Waals surface area contributed by atoms with Crippen LogP contribution in [0.25, 0.3) is 0 Å². The maximum atomic E-state index is 12.0. The number of urea groups is 1. The highest BCUT2D eigenvalue weighted by Gasteiger charge is 2.23. The molecule has 2 amide bonds. The van der Waals surface area contributed by atoms with Crippen LogP contribution in [0, 0.1) is 0 Å². The second-order valence-corrected chi connectivity index (χ2v) is 5.81. The first kappa shape index (κ1) is 16.8. The second kappa shape index (κ2) is 7.69. The number of aromatic nitrogens is 2. The normalized spacial score (nSPS) is 17.4. The zero-order valence-electron chi connectivity index (χ0n) is 14.2. The first-order valence-electron chi connectivity index (χ1n) is 8.06. The van der Waals surface area contributed by atoms with Gasteiger partial charge < -0.3 is 20.2 Å². The Hall–Kier alpha value is -3.03. The van der Waals surface area contributed by atoms with Gasteiger partial charge in [0.05, 0.1) is 31.6 Å². The Balaban J connectivity index is 1.43. The van der Waals surface area contributed by atoms with Gasteiger partial charge in [-0.2, -0.15) is 5.10 Å². The zero-order chi connectivity index (χ0) is 17.6. The third-order valence-corrected chi connectivity index (χ3v) is 4.01. The van der Waals surface area contributed by atoms with Crippen LogP contribution < -0.4 is 15.4 Å². The lowest BCUT2D eigenvalue weighted by Gasteiger charge is -2.14. The van der Waals surface area contributed by atoms with Crippen molar-refractivity contribution in [3.05, 3.63) is 47.8 Å². The fraction of sp³-hybridized carbons (Fsp3) is 0.353. The molecule has 0 radical (unpaired) electrons. The highest BCUT2D eigenvalue weighted by atomic mass is 16.6. The van der Waals surface area contributed by atoms with E-state index in [0.717, 1.165) is 22.6 Å². The SMILES string of the molecule is COc1ccc(C2=NO[C@@H](CNC(=O)N[C@H](C)c3cn[nH]c3)C2)cc1. The van der Waals surface area contributed by atoms with Crippen LogP contribution >= 0.6 is 0 Å². The molecule has 2 aromatic rings. The van der Waals surface area contributed by atoms with Crippen molar-refractivity contribution in [2.75, 3.05) is 13.7 Å². The summed E-state index contributed by atoms with van der Waals surface area (Å²) in [5, 5.41) is 16.4. The number of hydrogen-bond donors (Lipinski definition) is 3. The van der Waals surface area contributed by atoms with Crippen molar-refractivity contribution in [2.45, 2.75) is 25.5 Å². The Labute approximate surface area is 145 Å². The fourth-order valence-corrected chi connectivity index (χ4v) is 2.53. The largest absolute Gasteiger partial charge is 0.497 e. The number of nitrogens with zero attached hydrogens (tertiary/aromatic N) is 2. The Morgan fingerprint density at radius 3 is 2.92 bits per heavy atom. The molecule has 3 rings (SSSR count). The summed E-state index contributed by atoms with van der Waals surface area (Å²) in [4.78, 5) is 17.4. The van der Waals surface area contributed by atoms with E-state index in [2.05, 4.69) is 26.0 Å². The molecule has 0 fully saturated rings. The van der Waals surface area contributed by atoms with E-state index in [1.807, 2.05) is 31.2 Å². The predicted octanol–water partition coefficient (Wildman–Crippen LogP) is 1.97. The molecular formula is C17H21N5O3. The van der Waals surface area contributed by atoms with E-state index in [1.54, 1.807) is 19.5 Å². The number of amides is 2. The van der Waals surface area contributed by atoms with Gasteiger partial charge in [0.1, 0.15) is 5.75 Å². The van der Waals surface area contributed by atoms with Gasteiger partial charge in [-0.15, -0.1) is 0 Å². The summed E-state index contributed by atoms with van der Waals surface area (Å²) in [6.07, 6.45) is 3.90. The average Bonchev–Trinajstić information content (AvgIpc) is 3.32. The first-order valence-corrected chi connectivity index (χ1v) is 8.06. The summed E-state index contributed by atoms with van der Waals surface area (Å²) >= 11 is 0. The van der Waals surface area contributed by atoms with Gasteiger partial charge in [0.15, 0.2) is 6.10 Å². The number of carbonyl (C=O) groups is 1. The van der Waals surface area contributed by atoms with Crippen molar-refractivity contribution in [1.82, 2.24) is 20.8 Å². The van der Waals surface area contributed by atoms with Crippen molar-refractivity contribution in [3.63, 3.8) is 0 Å². The van der Waals surface area contributed by atoms with Gasteiger partial charge in [-0.1, -0.05) is 5.16 Å². The van der Waals surface area contributed by atoms with Gasteiger partial charge in [-0.25, -0.2) is 4.79 Å². The summed E-state index contributed by atoms with van der Waals surface area (Å²) in [7, 11) is 1.63. The molecule has 0 spiro atoms. The summed E-state index contributed by atoms with van der Waals surface area (Å²) in [6, 6.07) is 7.26. The molecule has 2 atom stereocenters. The number of hydrogen-bond acceptors (Lipinski definition) is 5. The standard InChI is InChI=1S/C17H21N5O3/c1-11(13-8-19-20-9-13)21-17(23)18-10-15-7-16(22-25-15)12-3-5-14(24-2)6-4-12/h3-6,8-9,11,15H,7,10H2,1-2H3,(H,19,20)(H2,18,21,23)/t11-,15-/m1/s1. The van der Waals surface area contributed by atoms with Gasteiger partial charge in [0.2, 0.25) is 0 Å². The molecule has 8 heteroatoms. The number of benzene rings is 1. The Morgan fingerprint density at radius 2 is 2.24 bits per heavy atom. The van der Waals surface area contributed by atoms with Gasteiger partial charge in [0.25, 0.3) is 0 Å². The maximum absolute atomic E-state index is 12.0. The molecule has 0 unspecified atom stereocenters. The minimum Gasteiger partial charge on any atom is -0.497 e. The van der Waals surface area contributed by atoms with Crippen molar-refractivity contribution in [1.29, 1.82) is 0 Å². The lowest BCUT2D eigenvalue weighted by Crippen LogP contribution is -2.40. The topological polar surface area (TPSA) is 101 Å². The number of nitrogens with one attached hydrogen (secondary N) is 3. The van der Waals surface area contributed by atoms with Crippen LogP contribution in [0.2, 0.25) is 0 Å². The minimum atomic E-state index is -0.254. The van der Waals surface area contributed by atoms with E-state index in [9.17, 15) is 4.79 Å². The van der Waals surface area contributed by atoms with Crippen LogP contribution in [0.1, 0.15) is 30.5 Å². The molecular weight excluding hydrogens is 322 g/mol. The van der Waals surface area contributed by atoms with E-state index in [4.69, 9.17) is 9.57 Å². The summed E-state index contributed by atoms with van der Waals surface area (Å²) in [5.74, 6) is 0.796. The quantitative estimate of drug-likeness (QED) is 0.746. The minimum absolute atomic E-state index is 0.130. The number of rotatable bonds is 6. The lowest BCUT2D eigenvalue weighted by molar-refractivity contribution is 0.0864. The number of methoxy groups -OCH3 is 1. The van der Waals surface area contributed by atoms with Gasteiger partial charge in [-0.3, -0.25) is 5.10 Å². The molecule has 2 heterocycles. The summed E-state index contributed by atoms with van der Waals surface area (Å²) in [5.41, 5.74) is 2.76. The highest BCUT2D eigenvalue weighted by Crippen LogP contribution is 2.19. The van der Waals surface area contributed by atoms with Crippen LogP contribution in [-0.4, -0.2) is 41.7 Å². The number of carbonyl (C=O) groups excluding carboxylic acids is 1. The smallest absolute Gasteiger partial charge is 0.315 e. The van der Waals surface area contributed by atoms with Crippen molar-refractivity contribution >= 4 is 11.7 Å². The predicted molar refractivity (Wildman–Crippen MR) is 92.6 cm³/mol. The molecule has 1 aromatic heterocycles. The molecule has 0 saturated heterocycles.